The summed E-state index contributed by atoms with van der Waals surface area (Å²) in [5, 5.41) is 2.67. The van der Waals surface area contributed by atoms with Crippen LogP contribution in [0.5, 0.6) is 5.75 Å². The topological polar surface area (TPSA) is 81.4 Å². The van der Waals surface area contributed by atoms with Crippen LogP contribution in [-0.2, 0) is 4.79 Å². The summed E-state index contributed by atoms with van der Waals surface area (Å²) in [6, 6.07) is 12.2. The number of rotatable bonds is 5. The number of para-hydroxylation sites is 1. The predicted octanol–water partition coefficient (Wildman–Crippen LogP) is 2.81. The molecule has 0 saturated heterocycles. The predicted molar refractivity (Wildman–Crippen MR) is 89.6 cm³/mol. The van der Waals surface area contributed by atoms with Crippen molar-refractivity contribution in [2.45, 2.75) is 26.9 Å². The van der Waals surface area contributed by atoms with E-state index in [2.05, 4.69) is 5.32 Å². The van der Waals surface area contributed by atoms with Gasteiger partial charge >= 0.3 is 0 Å². The zero-order valence-corrected chi connectivity index (χ0v) is 13.4. The lowest BCUT2D eigenvalue weighted by atomic mass is 10.1. The number of hydrogen-bond acceptors (Lipinski definition) is 3. The fourth-order valence-corrected chi connectivity index (χ4v) is 2.09. The molecular formula is C18H20N2O3. The lowest BCUT2D eigenvalue weighted by Gasteiger charge is -2.16. The second-order valence-corrected chi connectivity index (χ2v) is 5.41. The van der Waals surface area contributed by atoms with E-state index >= 15 is 0 Å². The van der Waals surface area contributed by atoms with Crippen LogP contribution in [0.25, 0.3) is 0 Å². The highest BCUT2D eigenvalue weighted by atomic mass is 16.5. The second-order valence-electron chi connectivity index (χ2n) is 5.41. The molecule has 0 saturated carbocycles. The van der Waals surface area contributed by atoms with Gasteiger partial charge in [0.25, 0.3) is 11.8 Å². The molecule has 23 heavy (non-hydrogen) atoms. The number of nitrogens with one attached hydrogen (secondary N) is 1. The lowest BCUT2D eigenvalue weighted by Crippen LogP contribution is -2.31. The normalized spacial score (nSPS) is 11.6. The van der Waals surface area contributed by atoms with Gasteiger partial charge in [0.05, 0.1) is 11.3 Å². The van der Waals surface area contributed by atoms with Crippen molar-refractivity contribution < 1.29 is 14.3 Å². The van der Waals surface area contributed by atoms with Crippen LogP contribution in [-0.4, -0.2) is 17.9 Å². The van der Waals surface area contributed by atoms with Gasteiger partial charge in [0.15, 0.2) is 6.10 Å². The Bertz CT molecular complexity index is 741. The summed E-state index contributed by atoms with van der Waals surface area (Å²) in [7, 11) is 0. The summed E-state index contributed by atoms with van der Waals surface area (Å²) in [5.74, 6) is -0.320. The second kappa shape index (κ2) is 6.96. The first-order chi connectivity index (χ1) is 10.9. The van der Waals surface area contributed by atoms with E-state index in [1.165, 1.54) is 0 Å². The fourth-order valence-electron chi connectivity index (χ4n) is 2.09. The Morgan fingerprint density at radius 1 is 1.09 bits per heavy atom. The summed E-state index contributed by atoms with van der Waals surface area (Å²) in [6.07, 6.45) is -0.710. The summed E-state index contributed by atoms with van der Waals surface area (Å²) >= 11 is 0. The highest BCUT2D eigenvalue weighted by Gasteiger charge is 2.17. The van der Waals surface area contributed by atoms with Gasteiger partial charge in [0, 0.05) is 0 Å². The number of ether oxygens (including phenoxy) is 1. The van der Waals surface area contributed by atoms with Crippen LogP contribution in [0.4, 0.5) is 5.69 Å². The van der Waals surface area contributed by atoms with Gasteiger partial charge < -0.3 is 15.8 Å². The third-order valence-electron chi connectivity index (χ3n) is 3.61. The molecule has 0 aliphatic carbocycles. The Kier molecular flexibility index (Phi) is 5.01. The van der Waals surface area contributed by atoms with Gasteiger partial charge in [-0.15, -0.1) is 0 Å². The molecule has 0 fully saturated rings. The minimum atomic E-state index is -0.710. The van der Waals surface area contributed by atoms with Crippen LogP contribution in [0.15, 0.2) is 42.5 Å². The molecule has 120 valence electrons. The van der Waals surface area contributed by atoms with Gasteiger partial charge in [-0.2, -0.15) is 0 Å². The highest BCUT2D eigenvalue weighted by molar-refractivity contribution is 6.03. The van der Waals surface area contributed by atoms with Gasteiger partial charge in [-0.3, -0.25) is 9.59 Å². The summed E-state index contributed by atoms with van der Waals surface area (Å²) < 4.78 is 5.66. The van der Waals surface area contributed by atoms with Crippen LogP contribution in [0.3, 0.4) is 0 Å². The number of carbonyl (C=O) groups is 2. The number of primary amides is 1. The largest absolute Gasteiger partial charge is 0.481 e. The van der Waals surface area contributed by atoms with Crippen LogP contribution < -0.4 is 15.8 Å². The third kappa shape index (κ3) is 4.10. The first-order valence-corrected chi connectivity index (χ1v) is 7.32. The number of nitrogens with two attached hydrogens (primary N) is 1. The number of anilines is 1. The van der Waals surface area contributed by atoms with Crippen molar-refractivity contribution in [2.75, 3.05) is 5.32 Å². The third-order valence-corrected chi connectivity index (χ3v) is 3.61. The number of hydrogen-bond donors (Lipinski definition) is 2. The smallest absolute Gasteiger partial charge is 0.265 e. The molecule has 0 heterocycles. The maximum Gasteiger partial charge on any atom is 0.265 e. The molecule has 1 atom stereocenters. The summed E-state index contributed by atoms with van der Waals surface area (Å²) in [5.41, 5.74) is 8.19. The first kappa shape index (κ1) is 16.5. The first-order valence-electron chi connectivity index (χ1n) is 7.32. The van der Waals surface area contributed by atoms with E-state index in [1.54, 1.807) is 31.2 Å². The van der Waals surface area contributed by atoms with E-state index in [-0.39, 0.29) is 11.5 Å². The highest BCUT2D eigenvalue weighted by Crippen LogP contribution is 2.19. The van der Waals surface area contributed by atoms with Gasteiger partial charge in [-0.1, -0.05) is 18.2 Å². The van der Waals surface area contributed by atoms with Crippen molar-refractivity contribution in [3.8, 4) is 5.75 Å². The van der Waals surface area contributed by atoms with Gasteiger partial charge in [0.1, 0.15) is 5.75 Å². The molecule has 2 rings (SSSR count). The molecule has 0 bridgehead atoms. The van der Waals surface area contributed by atoms with Crippen molar-refractivity contribution in [2.24, 2.45) is 5.73 Å². The van der Waals surface area contributed by atoms with Crippen LogP contribution in [0.2, 0.25) is 0 Å². The Morgan fingerprint density at radius 2 is 1.78 bits per heavy atom. The quantitative estimate of drug-likeness (QED) is 0.890. The van der Waals surface area contributed by atoms with Crippen LogP contribution >= 0.6 is 0 Å². The molecule has 0 aliphatic heterocycles. The van der Waals surface area contributed by atoms with E-state index in [4.69, 9.17) is 10.5 Å². The average Bonchev–Trinajstić information content (AvgIpc) is 2.51. The number of aryl methyl sites for hydroxylation is 2. The minimum Gasteiger partial charge on any atom is -0.481 e. The summed E-state index contributed by atoms with van der Waals surface area (Å²) in [4.78, 5) is 23.6. The Morgan fingerprint density at radius 3 is 2.43 bits per heavy atom. The molecule has 0 radical (unpaired) electrons. The van der Waals surface area contributed by atoms with Crippen molar-refractivity contribution in [3.63, 3.8) is 0 Å². The van der Waals surface area contributed by atoms with Crippen molar-refractivity contribution in [1.29, 1.82) is 0 Å². The SMILES string of the molecule is Cc1ccc(O[C@H](C)C(=O)Nc2ccccc2C(N)=O)cc1C. The van der Waals surface area contributed by atoms with Gasteiger partial charge in [-0.25, -0.2) is 0 Å². The maximum absolute atomic E-state index is 12.3. The standard InChI is InChI=1S/C18H20N2O3/c1-11-8-9-14(10-12(11)2)23-13(3)18(22)20-16-7-5-4-6-15(16)17(19)21/h4-10,13H,1-3H3,(H2,19,21)(H,20,22)/t13-/m1/s1. The molecular weight excluding hydrogens is 292 g/mol. The van der Waals surface area contributed by atoms with E-state index in [0.717, 1.165) is 11.1 Å². The zero-order chi connectivity index (χ0) is 17.0. The average molecular weight is 312 g/mol. The number of carbonyl (C=O) groups excluding carboxylic acids is 2. The molecule has 0 spiro atoms. The number of benzene rings is 2. The van der Waals surface area contributed by atoms with E-state index < -0.39 is 12.0 Å². The molecule has 3 N–H and O–H groups in total. The maximum atomic E-state index is 12.3. The van der Waals surface area contributed by atoms with Crippen LogP contribution in [0.1, 0.15) is 28.4 Å². The fraction of sp³-hybridized carbons (Fsp3) is 0.222. The molecule has 0 aromatic heterocycles. The van der Waals surface area contributed by atoms with Crippen molar-refractivity contribution >= 4 is 17.5 Å². The van der Waals surface area contributed by atoms with E-state index in [1.807, 2.05) is 32.0 Å². The molecule has 2 amide bonds. The van der Waals surface area contributed by atoms with Gasteiger partial charge in [0.2, 0.25) is 0 Å². The Balaban J connectivity index is 2.08. The molecule has 0 unspecified atom stereocenters. The van der Waals surface area contributed by atoms with Gasteiger partial charge in [-0.05, 0) is 56.2 Å². The molecule has 5 heteroatoms. The zero-order valence-electron chi connectivity index (χ0n) is 13.4. The summed E-state index contributed by atoms with van der Waals surface area (Å²) in [6.45, 7) is 5.64. The lowest BCUT2D eigenvalue weighted by molar-refractivity contribution is -0.122. The minimum absolute atomic E-state index is 0.263. The number of amides is 2. The Labute approximate surface area is 135 Å². The molecule has 2 aromatic carbocycles. The van der Waals surface area contributed by atoms with Crippen LogP contribution in [0, 0.1) is 13.8 Å². The molecule has 2 aromatic rings. The molecule has 0 aliphatic rings. The Hall–Kier alpha value is -2.82. The monoisotopic (exact) mass is 312 g/mol. The van der Waals surface area contributed by atoms with Crippen molar-refractivity contribution in [1.82, 2.24) is 0 Å². The van der Waals surface area contributed by atoms with E-state index in [9.17, 15) is 9.59 Å². The van der Waals surface area contributed by atoms with Crippen molar-refractivity contribution in [3.05, 3.63) is 59.2 Å². The molecule has 5 nitrogen and oxygen atoms in total. The van der Waals surface area contributed by atoms with E-state index in [0.29, 0.717) is 11.4 Å².